The van der Waals surface area contributed by atoms with Crippen molar-refractivity contribution < 1.29 is 8.97 Å². The summed E-state index contributed by atoms with van der Waals surface area (Å²) in [5.41, 5.74) is 0. The molecule has 0 bridgehead atoms. The van der Waals surface area contributed by atoms with Crippen LogP contribution in [0.1, 0.15) is 426 Å². The topological polar surface area (TPSA) is 0 Å². The summed E-state index contributed by atoms with van der Waals surface area (Å²) in [5, 5.41) is 0. The van der Waals surface area contributed by atoms with Crippen molar-refractivity contribution in [2.75, 3.05) is 54.4 Å². The predicted octanol–water partition coefficient (Wildman–Crippen LogP) is 26.4. The van der Waals surface area contributed by atoms with Crippen molar-refractivity contribution in [2.24, 2.45) is 0 Å². The number of hydrogen-bond donors (Lipinski definition) is 0. The Balaban J connectivity index is 0. The van der Waals surface area contributed by atoms with E-state index in [2.05, 4.69) is 55.9 Å². The number of hydrogen-bond acceptors (Lipinski definition) is 0. The summed E-state index contributed by atoms with van der Waals surface area (Å²) < 4.78 is 2.49. The minimum absolute atomic E-state index is 1.12. The maximum absolute atomic E-state index is 2.63. The van der Waals surface area contributed by atoms with Crippen molar-refractivity contribution in [3.8, 4) is 0 Å². The fourth-order valence-electron chi connectivity index (χ4n) is 12.2. The molecule has 0 aromatic carbocycles. The van der Waals surface area contributed by atoms with Gasteiger partial charge in [-0.05, 0) is 51.4 Å². The molecule has 0 aliphatic heterocycles. The smallest absolute Gasteiger partial charge is 0.0784 e. The van der Waals surface area contributed by atoms with E-state index in [-0.39, 0.29) is 0 Å². The molecule has 0 N–H and O–H groups in total. The van der Waals surface area contributed by atoms with Gasteiger partial charge in [-0.15, -0.1) is 0 Å². The van der Waals surface area contributed by atoms with E-state index in [0.717, 1.165) is 4.48 Å². The van der Waals surface area contributed by atoms with Crippen LogP contribution in [0.5, 0.6) is 0 Å². The van der Waals surface area contributed by atoms with E-state index in [9.17, 15) is 0 Å². The molecular weight excluding hydrogens is 917 g/mol. The van der Waals surface area contributed by atoms with Gasteiger partial charge < -0.3 is 8.97 Å². The Morgan fingerprint density at radius 2 is 0.237 bits per heavy atom. The van der Waals surface area contributed by atoms with E-state index < -0.39 is 0 Å². The summed E-state index contributed by atoms with van der Waals surface area (Å²) in [4.78, 5) is 0. The van der Waals surface area contributed by atoms with Gasteiger partial charge in [0.25, 0.3) is 0 Å². The maximum Gasteiger partial charge on any atom is 0.0784 e. The summed E-state index contributed by atoms with van der Waals surface area (Å²) in [6.07, 6.45) is 91.1. The molecule has 460 valence electrons. The van der Waals surface area contributed by atoms with E-state index in [1.807, 2.05) is 0 Å². The largest absolute Gasteiger partial charge is 0.331 e. The van der Waals surface area contributed by atoms with Crippen LogP contribution in [0.25, 0.3) is 0 Å². The number of nitrogens with zero attached hydrogens (tertiary/aromatic N) is 2. The van der Waals surface area contributed by atoms with Gasteiger partial charge in [0.2, 0.25) is 0 Å². The fourth-order valence-corrected chi connectivity index (χ4v) is 12.2. The molecule has 0 aliphatic rings. The molecule has 0 saturated carbocycles. The van der Waals surface area contributed by atoms with Crippen LogP contribution in [0.2, 0.25) is 0 Å². The first-order valence-corrected chi connectivity index (χ1v) is 36.9. The predicted molar refractivity (Wildman–Crippen MR) is 353 cm³/mol. The molecule has 2 heteroatoms. The van der Waals surface area contributed by atoms with Crippen molar-refractivity contribution in [1.82, 2.24) is 0 Å². The highest BCUT2D eigenvalue weighted by Crippen LogP contribution is 2.20. The summed E-state index contributed by atoms with van der Waals surface area (Å²) in [6.45, 7) is 14.9. The Bertz CT molecular complexity index is 904. The van der Waals surface area contributed by atoms with Crippen LogP contribution in [0.3, 0.4) is 0 Å². The van der Waals surface area contributed by atoms with E-state index in [1.54, 1.807) is 0 Å². The van der Waals surface area contributed by atoms with Crippen molar-refractivity contribution in [3.63, 3.8) is 0 Å². The molecule has 2 nitrogen and oxygen atoms in total. The first kappa shape index (κ1) is 78.0. The van der Waals surface area contributed by atoms with E-state index >= 15 is 0 Å². The van der Waals surface area contributed by atoms with E-state index in [1.165, 1.54) is 429 Å². The molecule has 0 heterocycles. The second kappa shape index (κ2) is 67.4. The van der Waals surface area contributed by atoms with Crippen LogP contribution in [0, 0.1) is 0 Å². The molecule has 0 aliphatic carbocycles. The third kappa shape index (κ3) is 71.9. The van der Waals surface area contributed by atoms with Crippen LogP contribution in [-0.2, 0) is 0 Å². The molecule has 76 heavy (non-hydrogen) atoms. The summed E-state index contributed by atoms with van der Waals surface area (Å²) in [6, 6.07) is 0. The van der Waals surface area contributed by atoms with Crippen LogP contribution in [-0.4, -0.2) is 63.3 Å². The summed E-state index contributed by atoms with van der Waals surface area (Å²) >= 11 is 0. The van der Waals surface area contributed by atoms with Gasteiger partial charge in [-0.3, -0.25) is 0 Å². The highest BCUT2D eigenvalue weighted by Gasteiger charge is 2.20. The minimum Gasteiger partial charge on any atom is -0.331 e. The zero-order valence-electron chi connectivity index (χ0n) is 55.6. The Morgan fingerprint density at radius 3 is 0.355 bits per heavy atom. The Morgan fingerprint density at radius 1 is 0.132 bits per heavy atom. The zero-order chi connectivity index (χ0) is 55.7. The van der Waals surface area contributed by atoms with Gasteiger partial charge >= 0.3 is 0 Å². The van der Waals surface area contributed by atoms with Gasteiger partial charge in [0.15, 0.2) is 0 Å². The molecule has 0 amide bonds. The van der Waals surface area contributed by atoms with Crippen molar-refractivity contribution in [1.29, 1.82) is 0 Å². The van der Waals surface area contributed by atoms with Crippen molar-refractivity contribution in [2.45, 2.75) is 426 Å². The van der Waals surface area contributed by atoms with Gasteiger partial charge in [0, 0.05) is 0 Å². The van der Waals surface area contributed by atoms with Gasteiger partial charge in [0.05, 0.1) is 54.4 Å². The lowest BCUT2D eigenvalue weighted by Gasteiger charge is -2.35. The number of quaternary nitrogens is 2. The van der Waals surface area contributed by atoms with E-state index in [4.69, 9.17) is 0 Å². The number of rotatable bonds is 66. The molecule has 0 unspecified atom stereocenters. The van der Waals surface area contributed by atoms with Crippen molar-refractivity contribution >= 4 is 0 Å². The van der Waals surface area contributed by atoms with Crippen LogP contribution >= 0.6 is 0 Å². The first-order valence-electron chi connectivity index (χ1n) is 36.9. The second-order valence-electron chi connectivity index (χ2n) is 27.3. The zero-order valence-corrected chi connectivity index (χ0v) is 55.6. The van der Waals surface area contributed by atoms with Crippen LogP contribution in [0.4, 0.5) is 0 Å². The lowest BCUT2D eigenvalue weighted by atomic mass is 10.0. The van der Waals surface area contributed by atoms with Gasteiger partial charge in [0.1, 0.15) is 0 Å². The monoisotopic (exact) mass is 1070 g/mol. The third-order valence-electron chi connectivity index (χ3n) is 17.8. The van der Waals surface area contributed by atoms with E-state index in [0.29, 0.717) is 0 Å². The first-order chi connectivity index (χ1) is 37.2. The second-order valence-corrected chi connectivity index (χ2v) is 27.3. The quantitative estimate of drug-likeness (QED) is 0.0421. The average molecular weight is 1070 g/mol. The Hall–Kier alpha value is -0.0800. The van der Waals surface area contributed by atoms with Gasteiger partial charge in [-0.1, -0.05) is 374 Å². The SMILES string of the molecule is CCCCCCCCCCCCCCCCCCCCCC[N+](C)(C)C.CCCCCCCCCCCCCCCC[N+](C)(CCCCCCCCCCCCCCCC)CCCCCCCCCCCCCCCC. The molecule has 0 atom stereocenters. The fraction of sp³-hybridized carbons (Fsp3) is 1.00. The summed E-state index contributed by atoms with van der Waals surface area (Å²) in [5.74, 6) is 0. The summed E-state index contributed by atoms with van der Waals surface area (Å²) in [7, 11) is 9.54. The molecule has 0 spiro atoms. The Kier molecular flexibility index (Phi) is 69.2. The highest BCUT2D eigenvalue weighted by atomic mass is 15.3. The third-order valence-corrected chi connectivity index (χ3v) is 17.8. The standard InChI is InChI=1S/C49H102N.C25H54N/c1-5-8-11-14-17-20-23-26-29-32-35-38-41-44-47-50(4,48-45-42-39-36-33-30-27-24-21-18-15-12-9-6-2)49-46-43-40-37-34-31-28-25-22-19-16-13-10-7-3;1-5-6-7-8-9-10-11-12-13-14-15-16-17-18-19-20-21-22-23-24-25-26(2,3)4/h5-49H2,1-4H3;5-25H2,1-4H3/q2*+1. The minimum atomic E-state index is 1.12. The van der Waals surface area contributed by atoms with Gasteiger partial charge in [-0.2, -0.15) is 0 Å². The Labute approximate surface area is 486 Å². The molecule has 0 radical (unpaired) electrons. The molecule has 0 saturated heterocycles. The molecular formula is C74H156N2+2. The molecule has 0 aromatic heterocycles. The normalized spacial score (nSPS) is 12.0. The molecule has 0 aromatic rings. The van der Waals surface area contributed by atoms with Crippen LogP contribution < -0.4 is 0 Å². The lowest BCUT2D eigenvalue weighted by molar-refractivity contribution is -0.910. The van der Waals surface area contributed by atoms with Crippen LogP contribution in [0.15, 0.2) is 0 Å². The molecule has 0 fully saturated rings. The van der Waals surface area contributed by atoms with Crippen molar-refractivity contribution in [3.05, 3.63) is 0 Å². The average Bonchev–Trinajstić information content (AvgIpc) is 3.40. The lowest BCUT2D eigenvalue weighted by Crippen LogP contribution is -2.46. The molecule has 0 rings (SSSR count). The maximum atomic E-state index is 2.63. The van der Waals surface area contributed by atoms with Gasteiger partial charge in [-0.25, -0.2) is 0 Å². The number of unbranched alkanes of at least 4 members (excludes halogenated alkanes) is 58. The highest BCUT2D eigenvalue weighted by molar-refractivity contribution is 4.56.